The molecule has 1 unspecified atom stereocenters. The number of hydrogen-bond donors (Lipinski definition) is 1. The quantitative estimate of drug-likeness (QED) is 0.201. The van der Waals surface area contributed by atoms with E-state index in [4.69, 9.17) is 10.5 Å². The summed E-state index contributed by atoms with van der Waals surface area (Å²) in [5, 5.41) is 0. The topological polar surface area (TPSA) is 69.4 Å². The molecule has 28 heavy (non-hydrogen) atoms. The minimum absolute atomic E-state index is 0. The van der Waals surface area contributed by atoms with Gasteiger partial charge in [-0.15, -0.1) is 0 Å². The van der Waals surface area contributed by atoms with E-state index in [1.165, 1.54) is 51.4 Å². The summed E-state index contributed by atoms with van der Waals surface area (Å²) in [4.78, 5) is 23.7. The Morgan fingerprint density at radius 1 is 0.857 bits per heavy atom. The van der Waals surface area contributed by atoms with E-state index in [-0.39, 0.29) is 29.6 Å². The molecule has 1 atom stereocenters. The van der Waals surface area contributed by atoms with E-state index in [9.17, 15) is 9.59 Å². The van der Waals surface area contributed by atoms with Crippen molar-refractivity contribution in [3.05, 3.63) is 35.9 Å². The Hall–Kier alpha value is -0.680. The van der Waals surface area contributed by atoms with E-state index >= 15 is 0 Å². The van der Waals surface area contributed by atoms with E-state index in [0.717, 1.165) is 24.8 Å². The van der Waals surface area contributed by atoms with Crippen LogP contribution in [0.3, 0.4) is 0 Å². The molecular weight excluding hydrogens is 361 g/mol. The standard InChI is InChI=1S/C23H37NO3.Na.H/c1-2-3-4-5-6-7-8-9-10-11-15-18-22(25)27-23(26)21(24)19-20-16-13-12-14-17-20;;/h12-14,16-17,21H,2-11,15,18-19,24H2,1H3;;. The van der Waals surface area contributed by atoms with Gasteiger partial charge in [0.05, 0.1) is 0 Å². The van der Waals surface area contributed by atoms with E-state index < -0.39 is 18.0 Å². The van der Waals surface area contributed by atoms with Crippen molar-refractivity contribution in [1.82, 2.24) is 0 Å². The van der Waals surface area contributed by atoms with Crippen LogP contribution in [0.4, 0.5) is 0 Å². The number of esters is 2. The minimum atomic E-state index is -0.798. The molecule has 0 radical (unpaired) electrons. The Labute approximate surface area is 193 Å². The average Bonchev–Trinajstić information content (AvgIpc) is 2.66. The van der Waals surface area contributed by atoms with Crippen LogP contribution in [0.1, 0.15) is 89.5 Å². The van der Waals surface area contributed by atoms with Gasteiger partial charge in [-0.3, -0.25) is 4.79 Å². The second-order valence-electron chi connectivity index (χ2n) is 7.37. The molecule has 0 spiro atoms. The first-order valence-electron chi connectivity index (χ1n) is 10.7. The zero-order valence-electron chi connectivity index (χ0n) is 17.0. The van der Waals surface area contributed by atoms with Crippen molar-refractivity contribution in [2.75, 3.05) is 0 Å². The van der Waals surface area contributed by atoms with Gasteiger partial charge in [-0.1, -0.05) is 101 Å². The fourth-order valence-corrected chi connectivity index (χ4v) is 3.12. The molecule has 2 N–H and O–H groups in total. The predicted molar refractivity (Wildman–Crippen MR) is 117 cm³/mol. The molecule has 1 aromatic carbocycles. The van der Waals surface area contributed by atoms with Crippen LogP contribution < -0.4 is 5.73 Å². The van der Waals surface area contributed by atoms with E-state index in [1.54, 1.807) is 0 Å². The first kappa shape index (κ1) is 27.3. The monoisotopic (exact) mass is 399 g/mol. The van der Waals surface area contributed by atoms with Gasteiger partial charge < -0.3 is 10.5 Å². The van der Waals surface area contributed by atoms with Crippen LogP contribution in [0.5, 0.6) is 0 Å². The number of ether oxygens (including phenoxy) is 1. The van der Waals surface area contributed by atoms with E-state index in [1.807, 2.05) is 30.3 Å². The van der Waals surface area contributed by atoms with Crippen LogP contribution in [-0.4, -0.2) is 47.5 Å². The average molecular weight is 400 g/mol. The van der Waals surface area contributed by atoms with Gasteiger partial charge in [-0.2, -0.15) is 0 Å². The number of carbonyl (C=O) groups is 2. The molecule has 1 rings (SSSR count). The SMILES string of the molecule is CCCCCCCCCCCCCC(=O)OC(=O)C(N)Cc1ccccc1.[NaH]. The van der Waals surface area contributed by atoms with Gasteiger partial charge in [-0.25, -0.2) is 4.79 Å². The molecule has 0 saturated heterocycles. The molecule has 0 aliphatic heterocycles. The summed E-state index contributed by atoms with van der Waals surface area (Å²) in [5.41, 5.74) is 6.79. The molecule has 154 valence electrons. The van der Waals surface area contributed by atoms with Crippen molar-refractivity contribution in [2.24, 2.45) is 5.73 Å². The van der Waals surface area contributed by atoms with Crippen molar-refractivity contribution in [3.63, 3.8) is 0 Å². The summed E-state index contributed by atoms with van der Waals surface area (Å²) in [6.07, 6.45) is 14.2. The third kappa shape index (κ3) is 14.3. The molecule has 4 nitrogen and oxygen atoms in total. The number of hydrogen-bond acceptors (Lipinski definition) is 4. The van der Waals surface area contributed by atoms with Gasteiger partial charge in [-0.05, 0) is 18.4 Å². The van der Waals surface area contributed by atoms with Crippen LogP contribution in [0, 0.1) is 0 Å². The maximum absolute atomic E-state index is 11.9. The molecule has 0 heterocycles. The van der Waals surface area contributed by atoms with Crippen LogP contribution in [0.15, 0.2) is 30.3 Å². The summed E-state index contributed by atoms with van der Waals surface area (Å²) in [6, 6.07) is 8.70. The van der Waals surface area contributed by atoms with Gasteiger partial charge >= 0.3 is 41.5 Å². The summed E-state index contributed by atoms with van der Waals surface area (Å²) in [5.74, 6) is -1.09. The molecular formula is C23H38NNaO3. The van der Waals surface area contributed by atoms with Gasteiger partial charge in [0.2, 0.25) is 0 Å². The van der Waals surface area contributed by atoms with Gasteiger partial charge in [0, 0.05) is 6.42 Å². The molecule has 0 aliphatic rings. The molecule has 0 fully saturated rings. The fraction of sp³-hybridized carbons (Fsp3) is 0.652. The van der Waals surface area contributed by atoms with Crippen molar-refractivity contribution in [2.45, 2.75) is 96.4 Å². The second-order valence-corrected chi connectivity index (χ2v) is 7.37. The van der Waals surface area contributed by atoms with Crippen molar-refractivity contribution >= 4 is 41.5 Å². The zero-order chi connectivity index (χ0) is 19.7. The molecule has 0 amide bonds. The molecule has 0 saturated carbocycles. The summed E-state index contributed by atoms with van der Waals surface area (Å²) in [6.45, 7) is 2.24. The normalized spacial score (nSPS) is 11.5. The predicted octanol–water partition coefficient (Wildman–Crippen LogP) is 4.68. The molecule has 5 heteroatoms. The van der Waals surface area contributed by atoms with Crippen LogP contribution in [0.25, 0.3) is 0 Å². The van der Waals surface area contributed by atoms with E-state index in [2.05, 4.69) is 6.92 Å². The Bertz CT molecular complexity index is 522. The second kappa shape index (κ2) is 18.4. The Balaban J connectivity index is 0.00000729. The molecule has 0 bridgehead atoms. The van der Waals surface area contributed by atoms with Gasteiger partial charge in [0.25, 0.3) is 0 Å². The summed E-state index contributed by atoms with van der Waals surface area (Å²) in [7, 11) is 0. The van der Waals surface area contributed by atoms with Gasteiger partial charge in [0.1, 0.15) is 6.04 Å². The van der Waals surface area contributed by atoms with Gasteiger partial charge in [0.15, 0.2) is 0 Å². The fourth-order valence-electron chi connectivity index (χ4n) is 3.12. The van der Waals surface area contributed by atoms with Crippen LogP contribution >= 0.6 is 0 Å². The third-order valence-corrected chi connectivity index (χ3v) is 4.80. The van der Waals surface area contributed by atoms with Crippen molar-refractivity contribution < 1.29 is 14.3 Å². The summed E-state index contributed by atoms with van der Waals surface area (Å²) >= 11 is 0. The molecule has 0 aromatic heterocycles. The number of unbranched alkanes of at least 4 members (excludes halogenated alkanes) is 10. The Morgan fingerprint density at radius 2 is 1.36 bits per heavy atom. The Morgan fingerprint density at radius 3 is 1.89 bits per heavy atom. The van der Waals surface area contributed by atoms with Crippen molar-refractivity contribution in [3.8, 4) is 0 Å². The van der Waals surface area contributed by atoms with E-state index in [0.29, 0.717) is 12.8 Å². The Kier molecular flexibility index (Phi) is 17.9. The first-order valence-corrected chi connectivity index (χ1v) is 10.7. The summed E-state index contributed by atoms with van der Waals surface area (Å²) < 4.78 is 4.87. The van der Waals surface area contributed by atoms with Crippen molar-refractivity contribution in [1.29, 1.82) is 0 Å². The number of nitrogens with two attached hydrogens (primary N) is 1. The molecule has 1 aromatic rings. The molecule has 0 aliphatic carbocycles. The maximum atomic E-state index is 11.9. The number of benzene rings is 1. The zero-order valence-corrected chi connectivity index (χ0v) is 17.0. The number of carbonyl (C=O) groups excluding carboxylic acids is 2. The number of rotatable bonds is 15. The first-order chi connectivity index (χ1) is 13.1. The van der Waals surface area contributed by atoms with Crippen LogP contribution in [-0.2, 0) is 20.7 Å². The van der Waals surface area contributed by atoms with Crippen LogP contribution in [0.2, 0.25) is 0 Å². The third-order valence-electron chi connectivity index (χ3n) is 4.80.